The summed E-state index contributed by atoms with van der Waals surface area (Å²) in [5, 5.41) is 0.857. The van der Waals surface area contributed by atoms with Crippen LogP contribution in [0.25, 0.3) is 0 Å². The zero-order chi connectivity index (χ0) is 10.7. The molecule has 1 aromatic rings. The van der Waals surface area contributed by atoms with E-state index < -0.39 is 0 Å². The molecule has 1 aliphatic rings. The molecule has 1 heterocycles. The Morgan fingerprint density at radius 2 is 2.27 bits per heavy atom. The van der Waals surface area contributed by atoms with Gasteiger partial charge in [-0.25, -0.2) is 0 Å². The first-order valence-electron chi connectivity index (χ1n) is 5.22. The maximum atomic E-state index is 6.08. The minimum atomic E-state index is 0.358. The summed E-state index contributed by atoms with van der Waals surface area (Å²) in [5.41, 5.74) is 1.56. The van der Waals surface area contributed by atoms with Crippen LogP contribution in [0.4, 0.5) is 0 Å². The van der Waals surface area contributed by atoms with Crippen LogP contribution in [-0.2, 0) is 10.5 Å². The summed E-state index contributed by atoms with van der Waals surface area (Å²) in [7, 11) is 0. The van der Waals surface area contributed by atoms with E-state index in [1.807, 2.05) is 30.0 Å². The topological polar surface area (TPSA) is 9.23 Å². The summed E-state index contributed by atoms with van der Waals surface area (Å²) in [6.07, 6.45) is 1.16. The van der Waals surface area contributed by atoms with Gasteiger partial charge >= 0.3 is 0 Å². The molecule has 0 aliphatic carbocycles. The van der Waals surface area contributed by atoms with Crippen LogP contribution in [0.3, 0.4) is 0 Å². The van der Waals surface area contributed by atoms with Crippen LogP contribution in [0.15, 0.2) is 24.3 Å². The lowest BCUT2D eigenvalue weighted by molar-refractivity contribution is 0.166. The van der Waals surface area contributed by atoms with Gasteiger partial charge in [-0.15, -0.1) is 11.8 Å². The van der Waals surface area contributed by atoms with Gasteiger partial charge in [0.1, 0.15) is 5.44 Å². The van der Waals surface area contributed by atoms with Gasteiger partial charge in [-0.1, -0.05) is 36.7 Å². The largest absolute Gasteiger partial charge is 0.367 e. The molecule has 0 saturated carbocycles. The Bertz CT molecular complexity index is 329. The Kier molecular flexibility index (Phi) is 3.95. The molecule has 1 aliphatic heterocycles. The summed E-state index contributed by atoms with van der Waals surface area (Å²) in [5.74, 6) is 1.64. The zero-order valence-electron chi connectivity index (χ0n) is 8.78. The van der Waals surface area contributed by atoms with E-state index in [1.165, 1.54) is 5.56 Å². The lowest BCUT2D eigenvalue weighted by atomic mass is 10.2. The van der Waals surface area contributed by atoms with E-state index in [0.29, 0.717) is 11.4 Å². The number of ether oxygens (including phenoxy) is 1. The van der Waals surface area contributed by atoms with E-state index in [2.05, 4.69) is 13.0 Å². The fraction of sp³-hybridized carbons (Fsp3) is 0.500. The van der Waals surface area contributed by atoms with Gasteiger partial charge in [-0.2, -0.15) is 0 Å². The summed E-state index contributed by atoms with van der Waals surface area (Å²) < 4.78 is 5.65. The van der Waals surface area contributed by atoms with Crippen LogP contribution < -0.4 is 0 Å². The molecule has 3 heteroatoms. The van der Waals surface area contributed by atoms with Crippen molar-refractivity contribution in [2.24, 2.45) is 5.92 Å². The van der Waals surface area contributed by atoms with Gasteiger partial charge < -0.3 is 4.74 Å². The molecule has 1 unspecified atom stereocenters. The minimum absolute atomic E-state index is 0.358. The SMILES string of the molecule is C[C@H]1COC(SCc2ccccc2Cl)C1. The highest BCUT2D eigenvalue weighted by molar-refractivity contribution is 7.99. The van der Waals surface area contributed by atoms with Crippen molar-refractivity contribution >= 4 is 23.4 Å². The molecule has 0 N–H and O–H groups in total. The highest BCUT2D eigenvalue weighted by Gasteiger charge is 2.22. The van der Waals surface area contributed by atoms with Crippen molar-refractivity contribution in [1.29, 1.82) is 0 Å². The van der Waals surface area contributed by atoms with Crippen molar-refractivity contribution in [2.45, 2.75) is 24.5 Å². The van der Waals surface area contributed by atoms with Crippen molar-refractivity contribution in [2.75, 3.05) is 6.61 Å². The molecule has 0 bridgehead atoms. The number of thioether (sulfide) groups is 1. The maximum Gasteiger partial charge on any atom is 0.103 e. The van der Waals surface area contributed by atoms with Crippen molar-refractivity contribution in [1.82, 2.24) is 0 Å². The molecule has 2 rings (SSSR count). The van der Waals surface area contributed by atoms with Crippen LogP contribution in [0.5, 0.6) is 0 Å². The third kappa shape index (κ3) is 3.13. The van der Waals surface area contributed by atoms with E-state index in [9.17, 15) is 0 Å². The lowest BCUT2D eigenvalue weighted by Gasteiger charge is -2.09. The predicted octanol–water partition coefficient (Wildman–Crippen LogP) is 3.96. The number of rotatable bonds is 3. The number of hydrogen-bond acceptors (Lipinski definition) is 2. The zero-order valence-corrected chi connectivity index (χ0v) is 10.4. The van der Waals surface area contributed by atoms with E-state index in [4.69, 9.17) is 16.3 Å². The molecule has 0 radical (unpaired) electrons. The third-order valence-corrected chi connectivity index (χ3v) is 4.09. The quantitative estimate of drug-likeness (QED) is 0.794. The molecule has 0 aromatic heterocycles. The number of benzene rings is 1. The van der Waals surface area contributed by atoms with Crippen LogP contribution in [0.1, 0.15) is 18.9 Å². The van der Waals surface area contributed by atoms with Crippen LogP contribution in [0, 0.1) is 5.92 Å². The molecule has 82 valence electrons. The molecular formula is C12H15ClOS. The van der Waals surface area contributed by atoms with Gasteiger partial charge in [0.25, 0.3) is 0 Å². The molecule has 1 nitrogen and oxygen atoms in total. The lowest BCUT2D eigenvalue weighted by Crippen LogP contribution is -1.99. The van der Waals surface area contributed by atoms with Gasteiger partial charge in [0.2, 0.25) is 0 Å². The predicted molar refractivity (Wildman–Crippen MR) is 66.3 cm³/mol. The molecule has 1 aromatic carbocycles. The number of halogens is 1. The highest BCUT2D eigenvalue weighted by Crippen LogP contribution is 2.31. The average molecular weight is 243 g/mol. The van der Waals surface area contributed by atoms with E-state index in [-0.39, 0.29) is 0 Å². The molecule has 1 saturated heterocycles. The fourth-order valence-electron chi connectivity index (χ4n) is 1.65. The molecule has 0 spiro atoms. The van der Waals surface area contributed by atoms with Crippen LogP contribution in [-0.4, -0.2) is 12.0 Å². The van der Waals surface area contributed by atoms with E-state index in [1.54, 1.807) is 0 Å². The standard InChI is InChI=1S/C12H15ClOS/c1-9-6-12(14-7-9)15-8-10-4-2-3-5-11(10)13/h2-5,9,12H,6-8H2,1H3/t9-,12?/m1/s1. The van der Waals surface area contributed by atoms with Crippen LogP contribution >= 0.6 is 23.4 Å². The van der Waals surface area contributed by atoms with Crippen molar-refractivity contribution in [3.8, 4) is 0 Å². The second-order valence-corrected chi connectivity index (χ2v) is 5.56. The van der Waals surface area contributed by atoms with Crippen molar-refractivity contribution < 1.29 is 4.74 Å². The second kappa shape index (κ2) is 5.24. The summed E-state index contributed by atoms with van der Waals surface area (Å²) >= 11 is 7.93. The third-order valence-electron chi connectivity index (χ3n) is 2.54. The van der Waals surface area contributed by atoms with Gasteiger partial charge in [-0.3, -0.25) is 0 Å². The first-order valence-corrected chi connectivity index (χ1v) is 6.65. The molecule has 1 fully saturated rings. The summed E-state index contributed by atoms with van der Waals surface area (Å²) in [6.45, 7) is 3.14. The maximum absolute atomic E-state index is 6.08. The monoisotopic (exact) mass is 242 g/mol. The van der Waals surface area contributed by atoms with Crippen LogP contribution in [0.2, 0.25) is 5.02 Å². The first-order chi connectivity index (χ1) is 7.25. The smallest absolute Gasteiger partial charge is 0.103 e. The molecule has 15 heavy (non-hydrogen) atoms. The Labute approximate surface area is 100 Å². The van der Waals surface area contributed by atoms with Gasteiger partial charge in [-0.05, 0) is 24.0 Å². The molecule has 0 amide bonds. The minimum Gasteiger partial charge on any atom is -0.367 e. The second-order valence-electron chi connectivity index (χ2n) is 4.01. The van der Waals surface area contributed by atoms with Crippen molar-refractivity contribution in [3.05, 3.63) is 34.9 Å². The Morgan fingerprint density at radius 1 is 1.47 bits per heavy atom. The Hall–Kier alpha value is -0.180. The van der Waals surface area contributed by atoms with Gasteiger partial charge in [0.05, 0.1) is 6.61 Å². The first kappa shape index (κ1) is 11.3. The normalized spacial score (nSPS) is 25.7. The molecule has 2 atom stereocenters. The Balaban J connectivity index is 1.86. The summed E-state index contributed by atoms with van der Waals surface area (Å²) in [6, 6.07) is 8.01. The van der Waals surface area contributed by atoms with Gasteiger partial charge in [0, 0.05) is 10.8 Å². The number of hydrogen-bond donors (Lipinski definition) is 0. The van der Waals surface area contributed by atoms with Gasteiger partial charge in [0.15, 0.2) is 0 Å². The molecular weight excluding hydrogens is 228 g/mol. The summed E-state index contributed by atoms with van der Waals surface area (Å²) in [4.78, 5) is 0. The van der Waals surface area contributed by atoms with Crippen molar-refractivity contribution in [3.63, 3.8) is 0 Å². The van der Waals surface area contributed by atoms with E-state index in [0.717, 1.165) is 23.8 Å². The van der Waals surface area contributed by atoms with E-state index >= 15 is 0 Å². The average Bonchev–Trinajstić information content (AvgIpc) is 2.63. The fourth-order valence-corrected chi connectivity index (χ4v) is 3.19. The highest BCUT2D eigenvalue weighted by atomic mass is 35.5. The Morgan fingerprint density at radius 3 is 2.93 bits per heavy atom.